The van der Waals surface area contributed by atoms with Crippen molar-refractivity contribution >= 4 is 11.8 Å². The molecule has 4 heteroatoms. The van der Waals surface area contributed by atoms with Gasteiger partial charge in [0.25, 0.3) is 0 Å². The summed E-state index contributed by atoms with van der Waals surface area (Å²) in [6, 6.07) is 16.3. The van der Waals surface area contributed by atoms with Crippen LogP contribution in [0.15, 0.2) is 66.7 Å². The number of hydrogen-bond acceptors (Lipinski definition) is 4. The second-order valence-corrected chi connectivity index (χ2v) is 6.45. The third-order valence-corrected chi connectivity index (χ3v) is 4.09. The summed E-state index contributed by atoms with van der Waals surface area (Å²) >= 11 is 0. The van der Waals surface area contributed by atoms with Crippen molar-refractivity contribution in [2.24, 2.45) is 0 Å². The molecule has 0 aliphatic rings. The highest BCUT2D eigenvalue weighted by atomic mass is 16.5. The van der Waals surface area contributed by atoms with E-state index in [1.54, 1.807) is 43.3 Å². The maximum Gasteiger partial charge on any atom is 0.333 e. The number of ether oxygens (including phenoxy) is 2. The second-order valence-electron chi connectivity index (χ2n) is 6.45. The lowest BCUT2D eigenvalue weighted by Crippen LogP contribution is -2.20. The van der Waals surface area contributed by atoms with Crippen LogP contribution < -0.4 is 4.74 Å². The smallest absolute Gasteiger partial charge is 0.333 e. The van der Waals surface area contributed by atoms with E-state index >= 15 is 0 Å². The molecule has 142 valence electrons. The molecule has 2 rings (SSSR count). The minimum Gasteiger partial charge on any atom is -0.490 e. The van der Waals surface area contributed by atoms with Crippen LogP contribution in [-0.2, 0) is 9.53 Å². The first-order chi connectivity index (χ1) is 13.0. The van der Waals surface area contributed by atoms with Gasteiger partial charge < -0.3 is 9.47 Å². The lowest BCUT2D eigenvalue weighted by atomic mass is 10.0. The van der Waals surface area contributed by atoms with E-state index in [0.29, 0.717) is 35.5 Å². The summed E-state index contributed by atoms with van der Waals surface area (Å²) in [4.78, 5) is 23.9. The van der Waals surface area contributed by atoms with Crippen LogP contribution >= 0.6 is 0 Å². The van der Waals surface area contributed by atoms with Gasteiger partial charge in [-0.15, -0.1) is 0 Å². The third-order valence-electron chi connectivity index (χ3n) is 4.09. The van der Waals surface area contributed by atoms with Crippen LogP contribution in [0.1, 0.15) is 49.0 Å². The van der Waals surface area contributed by atoms with Gasteiger partial charge >= 0.3 is 5.97 Å². The molecular formula is C23H26O4. The lowest BCUT2D eigenvalue weighted by Gasteiger charge is -2.19. The lowest BCUT2D eigenvalue weighted by molar-refractivity contribution is -0.139. The Morgan fingerprint density at radius 2 is 1.59 bits per heavy atom. The van der Waals surface area contributed by atoms with Gasteiger partial charge in [-0.3, -0.25) is 4.79 Å². The summed E-state index contributed by atoms with van der Waals surface area (Å²) in [6.45, 7) is 7.57. The summed E-state index contributed by atoms with van der Waals surface area (Å²) in [5, 5.41) is 0. The van der Waals surface area contributed by atoms with Crippen molar-refractivity contribution < 1.29 is 19.1 Å². The predicted octanol–water partition coefficient (Wildman–Crippen LogP) is 4.97. The number of carbonyl (C=O) groups is 2. The first-order valence-electron chi connectivity index (χ1n) is 9.20. The largest absolute Gasteiger partial charge is 0.490 e. The van der Waals surface area contributed by atoms with Crippen LogP contribution in [0.3, 0.4) is 0 Å². The molecule has 27 heavy (non-hydrogen) atoms. The molecule has 0 spiro atoms. The Morgan fingerprint density at radius 1 is 0.963 bits per heavy atom. The summed E-state index contributed by atoms with van der Waals surface area (Å²) in [5.74, 6) is 0.303. The predicted molar refractivity (Wildman–Crippen MR) is 106 cm³/mol. The van der Waals surface area contributed by atoms with Crippen molar-refractivity contribution in [2.75, 3.05) is 6.61 Å². The van der Waals surface area contributed by atoms with E-state index in [-0.39, 0.29) is 17.9 Å². The number of esters is 1. The van der Waals surface area contributed by atoms with Gasteiger partial charge in [0.15, 0.2) is 5.78 Å². The Balaban J connectivity index is 1.94. The molecule has 2 aromatic rings. The van der Waals surface area contributed by atoms with Gasteiger partial charge in [0, 0.05) is 23.1 Å². The Kier molecular flexibility index (Phi) is 7.80. The highest BCUT2D eigenvalue weighted by Crippen LogP contribution is 2.19. The van der Waals surface area contributed by atoms with E-state index in [1.165, 1.54) is 0 Å². The Labute approximate surface area is 160 Å². The zero-order valence-electron chi connectivity index (χ0n) is 15.9. The maximum atomic E-state index is 12.4. The SMILES string of the molecule is C=C(C)C(=O)OCCC(CCC)Oc1ccc(C(=O)c2ccccc2)cc1. The molecule has 0 radical (unpaired) electrons. The van der Waals surface area contributed by atoms with Crippen LogP contribution in [-0.4, -0.2) is 24.5 Å². The van der Waals surface area contributed by atoms with Crippen LogP contribution in [0.5, 0.6) is 5.75 Å². The van der Waals surface area contributed by atoms with Gasteiger partial charge in [0.2, 0.25) is 0 Å². The van der Waals surface area contributed by atoms with Gasteiger partial charge in [-0.1, -0.05) is 50.3 Å². The summed E-state index contributed by atoms with van der Waals surface area (Å²) in [5.41, 5.74) is 1.67. The van der Waals surface area contributed by atoms with Crippen molar-refractivity contribution in [3.63, 3.8) is 0 Å². The number of carbonyl (C=O) groups excluding carboxylic acids is 2. The van der Waals surface area contributed by atoms with Gasteiger partial charge in [-0.05, 0) is 37.6 Å². The van der Waals surface area contributed by atoms with Gasteiger partial charge in [0.1, 0.15) is 11.9 Å². The molecular weight excluding hydrogens is 340 g/mol. The van der Waals surface area contributed by atoms with E-state index in [4.69, 9.17) is 9.47 Å². The quantitative estimate of drug-likeness (QED) is 0.338. The zero-order valence-corrected chi connectivity index (χ0v) is 15.9. The average Bonchev–Trinajstić information content (AvgIpc) is 2.68. The van der Waals surface area contributed by atoms with E-state index in [1.807, 2.05) is 18.2 Å². The molecule has 4 nitrogen and oxygen atoms in total. The Hall–Kier alpha value is -2.88. The molecule has 0 aromatic heterocycles. The van der Waals surface area contributed by atoms with Gasteiger partial charge in [-0.25, -0.2) is 4.79 Å². The van der Waals surface area contributed by atoms with E-state index in [0.717, 1.165) is 12.8 Å². The summed E-state index contributed by atoms with van der Waals surface area (Å²) in [7, 11) is 0. The van der Waals surface area contributed by atoms with Gasteiger partial charge in [-0.2, -0.15) is 0 Å². The number of ketones is 1. The molecule has 1 atom stereocenters. The molecule has 0 bridgehead atoms. The summed E-state index contributed by atoms with van der Waals surface area (Å²) < 4.78 is 11.2. The van der Waals surface area contributed by atoms with E-state index in [2.05, 4.69) is 13.5 Å². The molecule has 0 aliphatic carbocycles. The van der Waals surface area contributed by atoms with E-state index in [9.17, 15) is 9.59 Å². The minimum atomic E-state index is -0.381. The topological polar surface area (TPSA) is 52.6 Å². The molecule has 0 N–H and O–H groups in total. The van der Waals surface area contributed by atoms with Crippen LogP contribution in [0.4, 0.5) is 0 Å². The molecule has 2 aromatic carbocycles. The van der Waals surface area contributed by atoms with Crippen LogP contribution in [0, 0.1) is 0 Å². The van der Waals surface area contributed by atoms with Gasteiger partial charge in [0.05, 0.1) is 6.61 Å². The molecule has 0 fully saturated rings. The first-order valence-corrected chi connectivity index (χ1v) is 9.20. The molecule has 0 heterocycles. The fraction of sp³-hybridized carbons (Fsp3) is 0.304. The van der Waals surface area contributed by atoms with E-state index < -0.39 is 0 Å². The zero-order chi connectivity index (χ0) is 19.6. The third kappa shape index (κ3) is 6.41. The molecule has 1 unspecified atom stereocenters. The van der Waals surface area contributed by atoms with Crippen LogP contribution in [0.25, 0.3) is 0 Å². The number of hydrogen-bond donors (Lipinski definition) is 0. The first kappa shape index (κ1) is 20.4. The monoisotopic (exact) mass is 366 g/mol. The van der Waals surface area contributed by atoms with Crippen molar-refractivity contribution in [1.82, 2.24) is 0 Å². The Bertz CT molecular complexity index is 763. The number of rotatable bonds is 10. The molecule has 0 aliphatic heterocycles. The fourth-order valence-corrected chi connectivity index (χ4v) is 2.62. The van der Waals surface area contributed by atoms with Crippen molar-refractivity contribution in [2.45, 2.75) is 39.2 Å². The van der Waals surface area contributed by atoms with Crippen molar-refractivity contribution in [1.29, 1.82) is 0 Å². The van der Waals surface area contributed by atoms with Crippen molar-refractivity contribution in [3.8, 4) is 5.75 Å². The Morgan fingerprint density at radius 3 is 2.19 bits per heavy atom. The second kappa shape index (κ2) is 10.3. The summed E-state index contributed by atoms with van der Waals surface area (Å²) in [6.07, 6.45) is 2.37. The molecule has 0 amide bonds. The average molecular weight is 366 g/mol. The fourth-order valence-electron chi connectivity index (χ4n) is 2.62. The molecule has 0 saturated carbocycles. The normalized spacial score (nSPS) is 11.5. The standard InChI is InChI=1S/C23H26O4/c1-4-8-20(15-16-26-23(25)17(2)3)27-21-13-11-19(12-14-21)22(24)18-9-6-5-7-10-18/h5-7,9-14,20H,2,4,8,15-16H2,1,3H3. The maximum absolute atomic E-state index is 12.4. The van der Waals surface area contributed by atoms with Crippen LogP contribution in [0.2, 0.25) is 0 Å². The minimum absolute atomic E-state index is 0.0148. The molecule has 0 saturated heterocycles. The number of benzene rings is 2. The van der Waals surface area contributed by atoms with Crippen molar-refractivity contribution in [3.05, 3.63) is 77.9 Å². The highest BCUT2D eigenvalue weighted by molar-refractivity contribution is 6.08. The highest BCUT2D eigenvalue weighted by Gasteiger charge is 2.13.